The van der Waals surface area contributed by atoms with Crippen LogP contribution in [0.4, 0.5) is 5.69 Å². The van der Waals surface area contributed by atoms with Crippen LogP contribution in [0.3, 0.4) is 0 Å². The van der Waals surface area contributed by atoms with E-state index in [4.69, 9.17) is 4.74 Å². The third kappa shape index (κ3) is 2.72. The minimum atomic E-state index is -0.0265. The molecule has 5 heteroatoms. The van der Waals surface area contributed by atoms with Gasteiger partial charge in [0, 0.05) is 23.5 Å². The van der Waals surface area contributed by atoms with E-state index in [0.717, 1.165) is 47.2 Å². The molecule has 1 saturated heterocycles. The quantitative estimate of drug-likeness (QED) is 0.921. The molecule has 3 rings (SSSR count). The van der Waals surface area contributed by atoms with E-state index in [0.29, 0.717) is 0 Å². The molecule has 2 aromatic rings. The standard InChI is InChI=1S/C14H16BrN3O/c1-14(4-2-6-19-9-14)18-11-3-5-16-12-7-10(15)8-17-13(11)12/h3,5,7-8H,2,4,6,9H2,1H3,(H,16,18). The normalized spacial score (nSPS) is 23.5. The molecule has 4 nitrogen and oxygen atoms in total. The van der Waals surface area contributed by atoms with Crippen molar-refractivity contribution in [2.45, 2.75) is 25.3 Å². The molecule has 1 aliphatic rings. The van der Waals surface area contributed by atoms with Gasteiger partial charge in [-0.1, -0.05) is 0 Å². The fourth-order valence-corrected chi connectivity index (χ4v) is 2.78. The molecule has 0 spiro atoms. The van der Waals surface area contributed by atoms with Gasteiger partial charge in [-0.25, -0.2) is 0 Å². The van der Waals surface area contributed by atoms with Crippen LogP contribution in [0.5, 0.6) is 0 Å². The van der Waals surface area contributed by atoms with Crippen molar-refractivity contribution in [2.75, 3.05) is 18.5 Å². The van der Waals surface area contributed by atoms with Crippen molar-refractivity contribution in [3.8, 4) is 0 Å². The molecule has 0 saturated carbocycles. The first-order chi connectivity index (χ1) is 9.16. The third-order valence-corrected chi connectivity index (χ3v) is 3.85. The molecule has 1 fully saturated rings. The molecule has 0 bridgehead atoms. The summed E-state index contributed by atoms with van der Waals surface area (Å²) in [6.45, 7) is 3.78. The summed E-state index contributed by atoms with van der Waals surface area (Å²) in [5, 5.41) is 3.58. The Balaban J connectivity index is 1.96. The number of aromatic nitrogens is 2. The Kier molecular flexibility index (Phi) is 3.41. The third-order valence-electron chi connectivity index (χ3n) is 3.42. The number of halogens is 1. The Bertz CT molecular complexity index is 596. The zero-order valence-corrected chi connectivity index (χ0v) is 12.4. The molecule has 1 unspecified atom stereocenters. The first-order valence-corrected chi connectivity index (χ1v) is 7.22. The Morgan fingerprint density at radius 1 is 1.42 bits per heavy atom. The minimum Gasteiger partial charge on any atom is -0.379 e. The second-order valence-corrected chi connectivity index (χ2v) is 6.14. The van der Waals surface area contributed by atoms with E-state index < -0.39 is 0 Å². The molecule has 1 atom stereocenters. The van der Waals surface area contributed by atoms with Crippen molar-refractivity contribution in [2.24, 2.45) is 0 Å². The topological polar surface area (TPSA) is 47.0 Å². The molecule has 0 radical (unpaired) electrons. The van der Waals surface area contributed by atoms with Gasteiger partial charge in [0.15, 0.2) is 0 Å². The molecule has 19 heavy (non-hydrogen) atoms. The summed E-state index contributed by atoms with van der Waals surface area (Å²) in [5.74, 6) is 0. The Labute approximate surface area is 120 Å². The number of hydrogen-bond acceptors (Lipinski definition) is 4. The van der Waals surface area contributed by atoms with E-state index in [1.165, 1.54) is 0 Å². The van der Waals surface area contributed by atoms with Crippen LogP contribution in [0, 0.1) is 0 Å². The summed E-state index contributed by atoms with van der Waals surface area (Å²) in [5.41, 5.74) is 2.78. The van der Waals surface area contributed by atoms with Crippen LogP contribution in [-0.4, -0.2) is 28.7 Å². The first-order valence-electron chi connectivity index (χ1n) is 6.43. The smallest absolute Gasteiger partial charge is 0.112 e. The van der Waals surface area contributed by atoms with Gasteiger partial charge < -0.3 is 10.1 Å². The predicted molar refractivity (Wildman–Crippen MR) is 79.3 cm³/mol. The van der Waals surface area contributed by atoms with E-state index in [1.54, 1.807) is 6.20 Å². The van der Waals surface area contributed by atoms with Crippen molar-refractivity contribution >= 4 is 32.7 Å². The summed E-state index contributed by atoms with van der Waals surface area (Å²) >= 11 is 3.42. The van der Waals surface area contributed by atoms with Gasteiger partial charge in [0.05, 0.1) is 23.3 Å². The number of pyridine rings is 2. The van der Waals surface area contributed by atoms with Crippen LogP contribution >= 0.6 is 15.9 Å². The maximum atomic E-state index is 5.58. The Morgan fingerprint density at radius 3 is 3.11 bits per heavy atom. The van der Waals surface area contributed by atoms with E-state index in [9.17, 15) is 0 Å². The van der Waals surface area contributed by atoms with Gasteiger partial charge in [-0.2, -0.15) is 0 Å². The highest BCUT2D eigenvalue weighted by atomic mass is 79.9. The zero-order chi connectivity index (χ0) is 13.3. The lowest BCUT2D eigenvalue weighted by molar-refractivity contribution is 0.0541. The van der Waals surface area contributed by atoms with Crippen LogP contribution in [0.2, 0.25) is 0 Å². The fraction of sp³-hybridized carbons (Fsp3) is 0.429. The molecule has 0 aromatic carbocycles. The molecule has 3 heterocycles. The summed E-state index contributed by atoms with van der Waals surface area (Å²) in [6.07, 6.45) is 5.81. The number of anilines is 1. The van der Waals surface area contributed by atoms with E-state index in [2.05, 4.69) is 38.1 Å². The van der Waals surface area contributed by atoms with Crippen LogP contribution < -0.4 is 5.32 Å². The lowest BCUT2D eigenvalue weighted by atomic mass is 9.94. The largest absolute Gasteiger partial charge is 0.379 e. The van der Waals surface area contributed by atoms with Gasteiger partial charge in [-0.3, -0.25) is 9.97 Å². The summed E-state index contributed by atoms with van der Waals surface area (Å²) < 4.78 is 6.52. The lowest BCUT2D eigenvalue weighted by Gasteiger charge is -2.35. The van der Waals surface area contributed by atoms with E-state index in [1.807, 2.05) is 18.3 Å². The summed E-state index contributed by atoms with van der Waals surface area (Å²) in [6, 6.07) is 3.95. The lowest BCUT2D eigenvalue weighted by Crippen LogP contribution is -2.43. The summed E-state index contributed by atoms with van der Waals surface area (Å²) in [4.78, 5) is 8.82. The van der Waals surface area contributed by atoms with Crippen LogP contribution in [0.1, 0.15) is 19.8 Å². The molecular weight excluding hydrogens is 306 g/mol. The predicted octanol–water partition coefficient (Wildman–Crippen LogP) is 3.37. The highest BCUT2D eigenvalue weighted by molar-refractivity contribution is 9.10. The van der Waals surface area contributed by atoms with Crippen LogP contribution in [-0.2, 0) is 4.74 Å². The second-order valence-electron chi connectivity index (χ2n) is 5.22. The molecule has 0 amide bonds. The first kappa shape index (κ1) is 12.8. The Hall–Kier alpha value is -1.20. The number of nitrogens with one attached hydrogen (secondary N) is 1. The van der Waals surface area contributed by atoms with Crippen molar-refractivity contribution in [3.63, 3.8) is 0 Å². The highest BCUT2D eigenvalue weighted by Gasteiger charge is 2.27. The van der Waals surface area contributed by atoms with Gasteiger partial charge in [-0.15, -0.1) is 0 Å². The van der Waals surface area contributed by atoms with Crippen molar-refractivity contribution in [1.29, 1.82) is 0 Å². The van der Waals surface area contributed by atoms with Crippen LogP contribution in [0.15, 0.2) is 29.0 Å². The number of rotatable bonds is 2. The van der Waals surface area contributed by atoms with Gasteiger partial charge in [0.2, 0.25) is 0 Å². The number of ether oxygens (including phenoxy) is 1. The van der Waals surface area contributed by atoms with Gasteiger partial charge in [-0.05, 0) is 47.8 Å². The average molecular weight is 322 g/mol. The number of fused-ring (bicyclic) bond motifs is 1. The minimum absolute atomic E-state index is 0.0265. The van der Waals surface area contributed by atoms with Gasteiger partial charge >= 0.3 is 0 Å². The molecule has 0 aliphatic carbocycles. The van der Waals surface area contributed by atoms with E-state index >= 15 is 0 Å². The maximum Gasteiger partial charge on any atom is 0.112 e. The monoisotopic (exact) mass is 321 g/mol. The van der Waals surface area contributed by atoms with Gasteiger partial charge in [0.25, 0.3) is 0 Å². The molecule has 2 aromatic heterocycles. The van der Waals surface area contributed by atoms with Crippen molar-refractivity contribution < 1.29 is 4.74 Å². The molecular formula is C14H16BrN3O. The Morgan fingerprint density at radius 2 is 2.32 bits per heavy atom. The van der Waals surface area contributed by atoms with Crippen molar-refractivity contribution in [3.05, 3.63) is 29.0 Å². The maximum absolute atomic E-state index is 5.58. The molecule has 1 N–H and O–H groups in total. The van der Waals surface area contributed by atoms with Gasteiger partial charge in [0.1, 0.15) is 5.52 Å². The fourth-order valence-electron chi connectivity index (χ4n) is 2.46. The average Bonchev–Trinajstić information content (AvgIpc) is 2.39. The highest BCUT2D eigenvalue weighted by Crippen LogP contribution is 2.28. The van der Waals surface area contributed by atoms with Crippen molar-refractivity contribution in [1.82, 2.24) is 9.97 Å². The van der Waals surface area contributed by atoms with Crippen LogP contribution in [0.25, 0.3) is 11.0 Å². The zero-order valence-electron chi connectivity index (χ0n) is 10.8. The van der Waals surface area contributed by atoms with E-state index in [-0.39, 0.29) is 5.54 Å². The SMILES string of the molecule is CC1(Nc2ccnc3cc(Br)cnc23)CCCOC1. The number of nitrogens with zero attached hydrogens (tertiary/aromatic N) is 2. The second kappa shape index (κ2) is 5.06. The number of hydrogen-bond donors (Lipinski definition) is 1. The molecule has 1 aliphatic heterocycles. The summed E-state index contributed by atoms with van der Waals surface area (Å²) in [7, 11) is 0. The molecule has 100 valence electrons.